The summed E-state index contributed by atoms with van der Waals surface area (Å²) in [5.41, 5.74) is 1.00. The van der Waals surface area contributed by atoms with Crippen molar-refractivity contribution < 1.29 is 13.2 Å². The number of carbonyl (C=O) groups excluding carboxylic acids is 1. The summed E-state index contributed by atoms with van der Waals surface area (Å²) in [7, 11) is 0.664. The highest BCUT2D eigenvalue weighted by atomic mass is 32.2. The summed E-state index contributed by atoms with van der Waals surface area (Å²) in [5, 5.41) is 0. The van der Waals surface area contributed by atoms with Crippen LogP contribution in [0.3, 0.4) is 0 Å². The van der Waals surface area contributed by atoms with Gasteiger partial charge in [0.05, 0.1) is 11.4 Å². The summed E-state index contributed by atoms with van der Waals surface area (Å²) in [6, 6.07) is 7.33. The van der Waals surface area contributed by atoms with Crippen LogP contribution in [0.15, 0.2) is 29.2 Å². The van der Waals surface area contributed by atoms with Crippen molar-refractivity contribution in [2.24, 2.45) is 0 Å². The number of benzene rings is 1. The molecule has 1 aliphatic carbocycles. The van der Waals surface area contributed by atoms with E-state index in [2.05, 4.69) is 0 Å². The van der Waals surface area contributed by atoms with Gasteiger partial charge in [-0.1, -0.05) is 31.4 Å². The van der Waals surface area contributed by atoms with Crippen molar-refractivity contribution in [1.82, 2.24) is 9.80 Å². The normalized spacial score (nSPS) is 17.5. The van der Waals surface area contributed by atoms with E-state index in [9.17, 15) is 13.2 Å². The van der Waals surface area contributed by atoms with Crippen LogP contribution in [0.2, 0.25) is 0 Å². The number of rotatable bonds is 6. The van der Waals surface area contributed by atoms with Gasteiger partial charge in [0.2, 0.25) is 5.91 Å². The Hall–Kier alpha value is -1.40. The molecule has 0 aliphatic heterocycles. The Morgan fingerprint density at radius 2 is 1.68 bits per heavy atom. The van der Waals surface area contributed by atoms with Gasteiger partial charge in [0.15, 0.2) is 9.84 Å². The zero-order valence-electron chi connectivity index (χ0n) is 15.7. The van der Waals surface area contributed by atoms with Crippen molar-refractivity contribution in [2.45, 2.75) is 56.0 Å². The van der Waals surface area contributed by atoms with Crippen molar-refractivity contribution in [3.8, 4) is 0 Å². The number of amides is 1. The maximum atomic E-state index is 12.6. The fraction of sp³-hybridized carbons (Fsp3) is 0.632. The number of sulfone groups is 1. The van der Waals surface area contributed by atoms with E-state index in [0.717, 1.165) is 18.4 Å². The quantitative estimate of drug-likeness (QED) is 0.777. The Morgan fingerprint density at radius 1 is 1.12 bits per heavy atom. The van der Waals surface area contributed by atoms with Crippen LogP contribution in [0.1, 0.15) is 50.6 Å². The van der Waals surface area contributed by atoms with Crippen molar-refractivity contribution in [1.29, 1.82) is 0 Å². The first kappa shape index (κ1) is 19.9. The van der Waals surface area contributed by atoms with E-state index >= 15 is 0 Å². The Balaban J connectivity index is 1.97. The van der Waals surface area contributed by atoms with Gasteiger partial charge in [-0.3, -0.25) is 9.69 Å². The van der Waals surface area contributed by atoms with Crippen LogP contribution >= 0.6 is 0 Å². The summed E-state index contributed by atoms with van der Waals surface area (Å²) in [5.74, 6) is 0.147. The van der Waals surface area contributed by atoms with Gasteiger partial charge < -0.3 is 4.90 Å². The minimum Gasteiger partial charge on any atom is -0.342 e. The molecule has 1 saturated carbocycles. The van der Waals surface area contributed by atoms with Gasteiger partial charge in [0, 0.05) is 25.4 Å². The number of nitrogens with zero attached hydrogens (tertiary/aromatic N) is 2. The standard InChI is InChI=1S/C19H30N2O3S/c1-15(16-10-12-18(13-11-16)25(4,23)24)20(2)14-19(22)21(3)17-8-6-5-7-9-17/h10-13,15,17H,5-9,14H2,1-4H3. The molecule has 0 radical (unpaired) electrons. The van der Waals surface area contributed by atoms with Crippen LogP contribution in [0.4, 0.5) is 0 Å². The van der Waals surface area contributed by atoms with Crippen molar-refractivity contribution in [2.75, 3.05) is 26.9 Å². The summed E-state index contributed by atoms with van der Waals surface area (Å²) in [6.07, 6.45) is 7.11. The first-order chi connectivity index (χ1) is 11.7. The molecule has 25 heavy (non-hydrogen) atoms. The molecule has 0 bridgehead atoms. The van der Waals surface area contributed by atoms with Crippen LogP contribution < -0.4 is 0 Å². The lowest BCUT2D eigenvalue weighted by atomic mass is 9.94. The maximum Gasteiger partial charge on any atom is 0.236 e. The van der Waals surface area contributed by atoms with Gasteiger partial charge in [-0.15, -0.1) is 0 Å². The minimum atomic E-state index is -3.18. The summed E-state index contributed by atoms with van der Waals surface area (Å²) >= 11 is 0. The Labute approximate surface area is 151 Å². The predicted octanol–water partition coefficient (Wildman–Crippen LogP) is 2.87. The monoisotopic (exact) mass is 366 g/mol. The zero-order valence-corrected chi connectivity index (χ0v) is 16.6. The second-order valence-electron chi connectivity index (χ2n) is 7.23. The average molecular weight is 367 g/mol. The molecule has 1 unspecified atom stereocenters. The fourth-order valence-electron chi connectivity index (χ4n) is 3.38. The molecule has 1 fully saturated rings. The Bertz CT molecular complexity index is 679. The summed E-state index contributed by atoms with van der Waals surface area (Å²) in [6.45, 7) is 2.39. The van der Waals surface area contributed by atoms with E-state index in [-0.39, 0.29) is 11.9 Å². The topological polar surface area (TPSA) is 57.7 Å². The molecule has 1 aromatic carbocycles. The van der Waals surface area contributed by atoms with E-state index in [1.807, 2.05) is 43.0 Å². The van der Waals surface area contributed by atoms with Crippen molar-refractivity contribution >= 4 is 15.7 Å². The van der Waals surface area contributed by atoms with Gasteiger partial charge >= 0.3 is 0 Å². The Kier molecular flexibility index (Phi) is 6.63. The van der Waals surface area contributed by atoms with Crippen LogP contribution in [-0.4, -0.2) is 57.1 Å². The molecule has 0 N–H and O–H groups in total. The molecule has 2 rings (SSSR count). The first-order valence-electron chi connectivity index (χ1n) is 8.96. The van der Waals surface area contributed by atoms with Gasteiger partial charge in [-0.2, -0.15) is 0 Å². The molecule has 0 spiro atoms. The van der Waals surface area contributed by atoms with Gasteiger partial charge in [-0.05, 0) is 44.5 Å². The molecule has 0 heterocycles. The highest BCUT2D eigenvalue weighted by Gasteiger charge is 2.24. The van der Waals surface area contributed by atoms with Crippen LogP contribution in [-0.2, 0) is 14.6 Å². The lowest BCUT2D eigenvalue weighted by Gasteiger charge is -2.33. The third kappa shape index (κ3) is 5.28. The molecule has 1 aromatic rings. The molecule has 5 nitrogen and oxygen atoms in total. The lowest BCUT2D eigenvalue weighted by molar-refractivity contribution is -0.133. The fourth-order valence-corrected chi connectivity index (χ4v) is 4.01. The largest absolute Gasteiger partial charge is 0.342 e. The number of hydrogen-bond donors (Lipinski definition) is 0. The zero-order chi connectivity index (χ0) is 18.6. The molecule has 0 aromatic heterocycles. The third-order valence-corrected chi connectivity index (χ3v) is 6.48. The highest BCUT2D eigenvalue weighted by molar-refractivity contribution is 7.90. The van der Waals surface area contributed by atoms with E-state index in [1.54, 1.807) is 12.1 Å². The molecule has 1 aliphatic rings. The van der Waals surface area contributed by atoms with E-state index in [4.69, 9.17) is 0 Å². The number of carbonyl (C=O) groups is 1. The third-order valence-electron chi connectivity index (χ3n) is 5.35. The highest BCUT2D eigenvalue weighted by Crippen LogP contribution is 2.23. The molecular weight excluding hydrogens is 336 g/mol. The lowest BCUT2D eigenvalue weighted by Crippen LogP contribution is -2.43. The van der Waals surface area contributed by atoms with Gasteiger partial charge in [0.25, 0.3) is 0 Å². The van der Waals surface area contributed by atoms with E-state index in [1.165, 1.54) is 25.5 Å². The Morgan fingerprint density at radius 3 is 2.20 bits per heavy atom. The van der Waals surface area contributed by atoms with E-state index < -0.39 is 9.84 Å². The molecular formula is C19H30N2O3S. The average Bonchev–Trinajstić information content (AvgIpc) is 2.60. The van der Waals surface area contributed by atoms with Crippen LogP contribution in [0.5, 0.6) is 0 Å². The smallest absolute Gasteiger partial charge is 0.236 e. The number of hydrogen-bond acceptors (Lipinski definition) is 4. The molecule has 140 valence electrons. The van der Waals surface area contributed by atoms with Crippen molar-refractivity contribution in [3.63, 3.8) is 0 Å². The molecule has 0 saturated heterocycles. The second kappa shape index (κ2) is 8.32. The molecule has 1 amide bonds. The predicted molar refractivity (Wildman–Crippen MR) is 100 cm³/mol. The molecule has 1 atom stereocenters. The summed E-state index contributed by atoms with van der Waals surface area (Å²) in [4.78, 5) is 16.8. The molecule has 6 heteroatoms. The SMILES string of the molecule is CC(c1ccc(S(C)(=O)=O)cc1)N(C)CC(=O)N(C)C1CCCCC1. The van der Waals surface area contributed by atoms with Crippen LogP contribution in [0.25, 0.3) is 0 Å². The van der Waals surface area contributed by atoms with E-state index in [0.29, 0.717) is 17.5 Å². The second-order valence-corrected chi connectivity index (χ2v) is 9.24. The first-order valence-corrected chi connectivity index (χ1v) is 10.8. The van der Waals surface area contributed by atoms with Gasteiger partial charge in [0.1, 0.15) is 0 Å². The van der Waals surface area contributed by atoms with Crippen molar-refractivity contribution in [3.05, 3.63) is 29.8 Å². The minimum absolute atomic E-state index is 0.0392. The maximum absolute atomic E-state index is 12.6. The summed E-state index contributed by atoms with van der Waals surface area (Å²) < 4.78 is 23.1. The van der Waals surface area contributed by atoms with Gasteiger partial charge in [-0.25, -0.2) is 8.42 Å². The van der Waals surface area contributed by atoms with Crippen LogP contribution in [0, 0.1) is 0 Å². The number of likely N-dealkylation sites (N-methyl/N-ethyl adjacent to an activating group) is 2.